The Morgan fingerprint density at radius 3 is 2.88 bits per heavy atom. The van der Waals surface area contributed by atoms with Crippen LogP contribution in [0.2, 0.25) is 5.02 Å². The standard InChI is InChI=1S/C18H15ClN2O3/c19-12-5-6-16-14(9-12)15(18(24)21-16)10-20-13-3-1-2-11(8-13)4-7-17(22)23/h1-3,5-6,8-10,20H,4,7H2,(H,21,24)(H,22,23). The first-order chi connectivity index (χ1) is 11.5. The number of aryl methyl sites for hydroxylation is 1. The summed E-state index contributed by atoms with van der Waals surface area (Å²) < 4.78 is 0. The summed E-state index contributed by atoms with van der Waals surface area (Å²) in [7, 11) is 0. The summed E-state index contributed by atoms with van der Waals surface area (Å²) in [5, 5.41) is 15.2. The Kier molecular flexibility index (Phi) is 4.53. The van der Waals surface area contributed by atoms with Crippen molar-refractivity contribution in [3.63, 3.8) is 0 Å². The summed E-state index contributed by atoms with van der Waals surface area (Å²) in [5.41, 5.74) is 3.69. The van der Waals surface area contributed by atoms with E-state index in [4.69, 9.17) is 16.7 Å². The zero-order chi connectivity index (χ0) is 17.1. The Balaban J connectivity index is 1.79. The molecule has 24 heavy (non-hydrogen) atoms. The summed E-state index contributed by atoms with van der Waals surface area (Å²) in [5.74, 6) is -1.02. The number of amides is 1. The van der Waals surface area contributed by atoms with Gasteiger partial charge in [0.1, 0.15) is 0 Å². The number of hydrogen-bond acceptors (Lipinski definition) is 3. The topological polar surface area (TPSA) is 78.4 Å². The second-order valence-electron chi connectivity index (χ2n) is 5.44. The van der Waals surface area contributed by atoms with Crippen molar-refractivity contribution in [1.29, 1.82) is 0 Å². The quantitative estimate of drug-likeness (QED) is 0.723. The van der Waals surface area contributed by atoms with Crippen LogP contribution in [0.5, 0.6) is 0 Å². The molecule has 0 bridgehead atoms. The number of carbonyl (C=O) groups is 2. The van der Waals surface area contributed by atoms with Gasteiger partial charge in [0.15, 0.2) is 0 Å². The molecule has 1 aliphatic rings. The lowest BCUT2D eigenvalue weighted by Crippen LogP contribution is -2.05. The van der Waals surface area contributed by atoms with E-state index in [0.717, 1.165) is 22.5 Å². The number of carboxylic acid groups (broad SMARTS) is 1. The minimum atomic E-state index is -0.827. The van der Waals surface area contributed by atoms with Crippen LogP contribution in [0, 0.1) is 0 Å². The summed E-state index contributed by atoms with van der Waals surface area (Å²) in [6.07, 6.45) is 2.17. The molecule has 122 valence electrons. The average molecular weight is 343 g/mol. The molecule has 2 aromatic carbocycles. The number of rotatable bonds is 5. The normalized spacial score (nSPS) is 14.4. The molecule has 0 saturated heterocycles. The van der Waals surface area contributed by atoms with Crippen molar-refractivity contribution in [1.82, 2.24) is 0 Å². The maximum Gasteiger partial charge on any atom is 0.303 e. The molecule has 0 spiro atoms. The minimum Gasteiger partial charge on any atom is -0.481 e. The van der Waals surface area contributed by atoms with Crippen LogP contribution in [0.3, 0.4) is 0 Å². The molecule has 0 saturated carbocycles. The molecule has 1 aliphatic heterocycles. The van der Waals surface area contributed by atoms with Gasteiger partial charge < -0.3 is 15.7 Å². The Morgan fingerprint density at radius 2 is 2.08 bits per heavy atom. The van der Waals surface area contributed by atoms with Crippen molar-refractivity contribution in [2.45, 2.75) is 12.8 Å². The highest BCUT2D eigenvalue weighted by molar-refractivity contribution is 6.34. The van der Waals surface area contributed by atoms with E-state index in [1.807, 2.05) is 24.3 Å². The van der Waals surface area contributed by atoms with Gasteiger partial charge in [-0.2, -0.15) is 0 Å². The van der Waals surface area contributed by atoms with Gasteiger partial charge in [-0.15, -0.1) is 0 Å². The number of fused-ring (bicyclic) bond motifs is 1. The summed E-state index contributed by atoms with van der Waals surface area (Å²) in [6.45, 7) is 0. The molecule has 3 rings (SSSR count). The molecule has 1 heterocycles. The van der Waals surface area contributed by atoms with Crippen molar-refractivity contribution in [2.75, 3.05) is 10.6 Å². The van der Waals surface area contributed by atoms with Crippen molar-refractivity contribution in [3.05, 3.63) is 64.8 Å². The maximum atomic E-state index is 12.1. The summed E-state index contributed by atoms with van der Waals surface area (Å²) >= 11 is 6.00. The first kappa shape index (κ1) is 16.1. The third-order valence-corrected chi connectivity index (χ3v) is 3.94. The van der Waals surface area contributed by atoms with Crippen LogP contribution in [-0.4, -0.2) is 17.0 Å². The number of anilines is 2. The largest absolute Gasteiger partial charge is 0.481 e. The predicted octanol–water partition coefficient (Wildman–Crippen LogP) is 3.76. The van der Waals surface area contributed by atoms with Gasteiger partial charge in [-0.1, -0.05) is 23.7 Å². The van der Waals surface area contributed by atoms with Gasteiger partial charge in [-0.05, 0) is 42.3 Å². The van der Waals surface area contributed by atoms with Gasteiger partial charge in [0.05, 0.1) is 5.57 Å². The van der Waals surface area contributed by atoms with Crippen LogP contribution in [0.25, 0.3) is 5.57 Å². The van der Waals surface area contributed by atoms with Crippen molar-refractivity contribution >= 4 is 40.4 Å². The Morgan fingerprint density at radius 1 is 1.25 bits per heavy atom. The van der Waals surface area contributed by atoms with E-state index in [0.29, 0.717) is 17.0 Å². The molecule has 2 aromatic rings. The first-order valence-corrected chi connectivity index (χ1v) is 7.79. The van der Waals surface area contributed by atoms with E-state index < -0.39 is 5.97 Å². The lowest BCUT2D eigenvalue weighted by atomic mass is 10.1. The van der Waals surface area contributed by atoms with Gasteiger partial charge in [-0.3, -0.25) is 9.59 Å². The highest BCUT2D eigenvalue weighted by atomic mass is 35.5. The molecule has 0 radical (unpaired) electrons. The van der Waals surface area contributed by atoms with Crippen LogP contribution in [0.1, 0.15) is 17.5 Å². The van der Waals surface area contributed by atoms with E-state index in [1.165, 1.54) is 0 Å². The maximum absolute atomic E-state index is 12.1. The molecule has 0 aliphatic carbocycles. The van der Waals surface area contributed by atoms with E-state index in [1.54, 1.807) is 24.4 Å². The first-order valence-electron chi connectivity index (χ1n) is 7.41. The number of hydrogen-bond donors (Lipinski definition) is 3. The Hall–Kier alpha value is -2.79. The summed E-state index contributed by atoms with van der Waals surface area (Å²) in [6, 6.07) is 12.7. The molecule has 1 amide bonds. The zero-order valence-electron chi connectivity index (χ0n) is 12.7. The lowest BCUT2D eigenvalue weighted by Gasteiger charge is -2.05. The molecular formula is C18H15ClN2O3. The fourth-order valence-corrected chi connectivity index (χ4v) is 2.70. The molecule has 0 unspecified atom stereocenters. The van der Waals surface area contributed by atoms with E-state index in [-0.39, 0.29) is 12.3 Å². The van der Waals surface area contributed by atoms with E-state index in [2.05, 4.69) is 10.6 Å². The van der Waals surface area contributed by atoms with Crippen LogP contribution in [0.4, 0.5) is 11.4 Å². The van der Waals surface area contributed by atoms with Crippen molar-refractivity contribution < 1.29 is 14.7 Å². The third kappa shape index (κ3) is 3.58. The van der Waals surface area contributed by atoms with Crippen LogP contribution in [-0.2, 0) is 16.0 Å². The van der Waals surface area contributed by atoms with Crippen LogP contribution >= 0.6 is 11.6 Å². The minimum absolute atomic E-state index is 0.0822. The molecule has 0 atom stereocenters. The van der Waals surface area contributed by atoms with Crippen molar-refractivity contribution in [2.24, 2.45) is 0 Å². The van der Waals surface area contributed by atoms with Gasteiger partial charge in [-0.25, -0.2) is 0 Å². The average Bonchev–Trinajstić information content (AvgIpc) is 2.86. The summed E-state index contributed by atoms with van der Waals surface area (Å²) in [4.78, 5) is 22.7. The number of halogens is 1. The fraction of sp³-hybridized carbons (Fsp3) is 0.111. The van der Waals surface area contributed by atoms with Gasteiger partial charge in [0, 0.05) is 34.6 Å². The smallest absolute Gasteiger partial charge is 0.303 e. The number of benzene rings is 2. The van der Waals surface area contributed by atoms with Crippen molar-refractivity contribution in [3.8, 4) is 0 Å². The number of aliphatic carboxylic acids is 1. The fourth-order valence-electron chi connectivity index (χ4n) is 2.53. The second-order valence-corrected chi connectivity index (χ2v) is 5.88. The number of carbonyl (C=O) groups excluding carboxylic acids is 1. The third-order valence-electron chi connectivity index (χ3n) is 3.70. The number of carboxylic acids is 1. The molecular weight excluding hydrogens is 328 g/mol. The molecule has 5 nitrogen and oxygen atoms in total. The number of nitrogens with one attached hydrogen (secondary N) is 2. The van der Waals surface area contributed by atoms with Gasteiger partial charge >= 0.3 is 5.97 Å². The monoisotopic (exact) mass is 342 g/mol. The lowest BCUT2D eigenvalue weighted by molar-refractivity contribution is -0.137. The Labute approximate surface area is 144 Å². The molecule has 3 N–H and O–H groups in total. The molecule has 0 fully saturated rings. The zero-order valence-corrected chi connectivity index (χ0v) is 13.4. The SMILES string of the molecule is O=C(O)CCc1cccc(NC=C2C(=O)Nc3ccc(Cl)cc32)c1. The molecule has 0 aromatic heterocycles. The van der Waals surface area contributed by atoms with E-state index >= 15 is 0 Å². The van der Waals surface area contributed by atoms with Crippen LogP contribution < -0.4 is 10.6 Å². The highest BCUT2D eigenvalue weighted by Gasteiger charge is 2.24. The Bertz CT molecular complexity index is 846. The molecule has 6 heteroatoms. The van der Waals surface area contributed by atoms with Gasteiger partial charge in [0.2, 0.25) is 0 Å². The van der Waals surface area contributed by atoms with Gasteiger partial charge in [0.25, 0.3) is 5.91 Å². The van der Waals surface area contributed by atoms with Crippen LogP contribution in [0.15, 0.2) is 48.7 Å². The van der Waals surface area contributed by atoms with E-state index in [9.17, 15) is 9.59 Å². The predicted molar refractivity (Wildman–Crippen MR) is 94.1 cm³/mol. The highest BCUT2D eigenvalue weighted by Crippen LogP contribution is 2.33. The second kappa shape index (κ2) is 6.76.